The SMILES string of the molecule is CN(C)CCN(C)CCO.Cl.Cl. The van der Waals surface area contributed by atoms with E-state index in [0.717, 1.165) is 19.6 Å². The summed E-state index contributed by atoms with van der Waals surface area (Å²) in [6, 6.07) is 0. The Bertz CT molecular complexity index is 83.8. The van der Waals surface area contributed by atoms with Gasteiger partial charge in [0.2, 0.25) is 0 Å². The summed E-state index contributed by atoms with van der Waals surface area (Å²) in [5.41, 5.74) is 0. The first-order chi connectivity index (χ1) is 4.66. The zero-order valence-corrected chi connectivity index (χ0v) is 9.62. The fraction of sp³-hybridized carbons (Fsp3) is 1.00. The van der Waals surface area contributed by atoms with Crippen LogP contribution in [-0.2, 0) is 0 Å². The quantitative estimate of drug-likeness (QED) is 0.721. The molecule has 0 saturated carbocycles. The maximum Gasteiger partial charge on any atom is 0.0558 e. The molecule has 0 aliphatic carbocycles. The maximum absolute atomic E-state index is 8.55. The van der Waals surface area contributed by atoms with Crippen LogP contribution in [-0.4, -0.2) is 62.3 Å². The number of hydrogen-bond donors (Lipinski definition) is 1. The standard InChI is InChI=1S/C7H18N2O.2ClH/c1-8(2)4-5-9(3)6-7-10;;/h10H,4-7H2,1-3H3;2*1H. The summed E-state index contributed by atoms with van der Waals surface area (Å²) in [6.45, 7) is 3.10. The van der Waals surface area contributed by atoms with E-state index < -0.39 is 0 Å². The molecule has 0 spiro atoms. The Labute approximate surface area is 87.5 Å². The van der Waals surface area contributed by atoms with Crippen LogP contribution in [0, 0.1) is 0 Å². The summed E-state index contributed by atoms with van der Waals surface area (Å²) < 4.78 is 0. The molecule has 0 aromatic carbocycles. The van der Waals surface area contributed by atoms with Gasteiger partial charge >= 0.3 is 0 Å². The van der Waals surface area contributed by atoms with E-state index in [0.29, 0.717) is 0 Å². The maximum atomic E-state index is 8.55. The molecule has 0 aromatic rings. The van der Waals surface area contributed by atoms with Crippen molar-refractivity contribution in [2.45, 2.75) is 0 Å². The molecule has 12 heavy (non-hydrogen) atoms. The van der Waals surface area contributed by atoms with Crippen molar-refractivity contribution < 1.29 is 5.11 Å². The molecular weight excluding hydrogens is 199 g/mol. The summed E-state index contributed by atoms with van der Waals surface area (Å²) >= 11 is 0. The minimum Gasteiger partial charge on any atom is -0.395 e. The van der Waals surface area contributed by atoms with Crippen LogP contribution >= 0.6 is 24.8 Å². The van der Waals surface area contributed by atoms with Crippen molar-refractivity contribution in [3.63, 3.8) is 0 Å². The number of aliphatic hydroxyl groups is 1. The molecule has 5 heteroatoms. The Morgan fingerprint density at radius 2 is 1.42 bits per heavy atom. The second-order valence-corrected chi connectivity index (χ2v) is 2.83. The fourth-order valence-electron chi connectivity index (χ4n) is 0.653. The van der Waals surface area contributed by atoms with Gasteiger partial charge in [-0.25, -0.2) is 0 Å². The van der Waals surface area contributed by atoms with Crippen molar-refractivity contribution in [2.75, 3.05) is 47.4 Å². The Morgan fingerprint density at radius 1 is 0.917 bits per heavy atom. The van der Waals surface area contributed by atoms with Crippen LogP contribution < -0.4 is 0 Å². The summed E-state index contributed by atoms with van der Waals surface area (Å²) in [6.07, 6.45) is 0. The van der Waals surface area contributed by atoms with E-state index in [4.69, 9.17) is 5.11 Å². The fourth-order valence-corrected chi connectivity index (χ4v) is 0.653. The van der Waals surface area contributed by atoms with E-state index in [9.17, 15) is 0 Å². The highest BCUT2D eigenvalue weighted by Gasteiger charge is 1.96. The molecule has 0 aliphatic heterocycles. The van der Waals surface area contributed by atoms with Crippen LogP contribution in [0.5, 0.6) is 0 Å². The molecule has 0 rings (SSSR count). The summed E-state index contributed by atoms with van der Waals surface area (Å²) in [5.74, 6) is 0. The average molecular weight is 219 g/mol. The molecule has 78 valence electrons. The van der Waals surface area contributed by atoms with Crippen molar-refractivity contribution in [2.24, 2.45) is 0 Å². The first-order valence-corrected chi connectivity index (χ1v) is 3.61. The number of halogens is 2. The third kappa shape index (κ3) is 13.1. The predicted octanol–water partition coefficient (Wildman–Crippen LogP) is 0.316. The number of nitrogens with zero attached hydrogens (tertiary/aromatic N) is 2. The molecule has 0 saturated heterocycles. The summed E-state index contributed by atoms with van der Waals surface area (Å²) in [4.78, 5) is 4.24. The summed E-state index contributed by atoms with van der Waals surface area (Å²) in [7, 11) is 6.11. The Balaban J connectivity index is -0.000000405. The Morgan fingerprint density at radius 3 is 1.75 bits per heavy atom. The first kappa shape index (κ1) is 18.3. The zero-order valence-electron chi connectivity index (χ0n) is 7.99. The number of aliphatic hydroxyl groups excluding tert-OH is 1. The van der Waals surface area contributed by atoms with Crippen molar-refractivity contribution in [1.29, 1.82) is 0 Å². The van der Waals surface area contributed by atoms with Gasteiger partial charge < -0.3 is 14.9 Å². The predicted molar refractivity (Wildman–Crippen MR) is 57.6 cm³/mol. The minimum absolute atomic E-state index is 0. The van der Waals surface area contributed by atoms with Crippen molar-refractivity contribution in [3.05, 3.63) is 0 Å². The summed E-state index contributed by atoms with van der Waals surface area (Å²) in [5, 5.41) is 8.55. The van der Waals surface area contributed by atoms with E-state index >= 15 is 0 Å². The van der Waals surface area contributed by atoms with Crippen LogP contribution in [0.15, 0.2) is 0 Å². The van der Waals surface area contributed by atoms with Crippen LogP contribution in [0.3, 0.4) is 0 Å². The van der Waals surface area contributed by atoms with Crippen molar-refractivity contribution in [1.82, 2.24) is 9.80 Å². The lowest BCUT2D eigenvalue weighted by atomic mass is 10.5. The highest BCUT2D eigenvalue weighted by molar-refractivity contribution is 5.85. The van der Waals surface area contributed by atoms with Crippen LogP contribution in [0.2, 0.25) is 0 Å². The number of hydrogen-bond acceptors (Lipinski definition) is 3. The molecule has 0 aromatic heterocycles. The van der Waals surface area contributed by atoms with Crippen LogP contribution in [0.25, 0.3) is 0 Å². The Kier molecular flexibility index (Phi) is 17.5. The third-order valence-electron chi connectivity index (χ3n) is 1.41. The van der Waals surface area contributed by atoms with Gasteiger partial charge in [0.25, 0.3) is 0 Å². The molecule has 0 amide bonds. The van der Waals surface area contributed by atoms with E-state index in [-0.39, 0.29) is 31.4 Å². The van der Waals surface area contributed by atoms with Gasteiger partial charge in [0.1, 0.15) is 0 Å². The highest BCUT2D eigenvalue weighted by Crippen LogP contribution is 1.81. The highest BCUT2D eigenvalue weighted by atomic mass is 35.5. The second kappa shape index (κ2) is 11.5. The number of rotatable bonds is 5. The van der Waals surface area contributed by atoms with E-state index in [2.05, 4.69) is 9.80 Å². The van der Waals surface area contributed by atoms with E-state index in [1.165, 1.54) is 0 Å². The molecule has 0 unspecified atom stereocenters. The largest absolute Gasteiger partial charge is 0.395 e. The average Bonchev–Trinajstić information content (AvgIpc) is 1.85. The van der Waals surface area contributed by atoms with Crippen LogP contribution in [0.1, 0.15) is 0 Å². The zero-order chi connectivity index (χ0) is 7.98. The molecule has 0 bridgehead atoms. The van der Waals surface area contributed by atoms with Crippen molar-refractivity contribution in [3.8, 4) is 0 Å². The molecular formula is C7H20Cl2N2O. The monoisotopic (exact) mass is 218 g/mol. The molecule has 0 radical (unpaired) electrons. The van der Waals surface area contributed by atoms with Gasteiger partial charge in [-0.2, -0.15) is 0 Å². The third-order valence-corrected chi connectivity index (χ3v) is 1.41. The van der Waals surface area contributed by atoms with Gasteiger partial charge in [0.15, 0.2) is 0 Å². The first-order valence-electron chi connectivity index (χ1n) is 3.61. The molecule has 0 heterocycles. The lowest BCUT2D eigenvalue weighted by Crippen LogP contribution is -2.30. The van der Waals surface area contributed by atoms with Gasteiger partial charge in [0.05, 0.1) is 6.61 Å². The van der Waals surface area contributed by atoms with Gasteiger partial charge in [-0.15, -0.1) is 24.8 Å². The van der Waals surface area contributed by atoms with Gasteiger partial charge in [-0.1, -0.05) is 0 Å². The Hall–Kier alpha value is 0.460. The second-order valence-electron chi connectivity index (χ2n) is 2.83. The molecule has 1 N–H and O–H groups in total. The topological polar surface area (TPSA) is 26.7 Å². The van der Waals surface area contributed by atoms with Gasteiger partial charge in [0, 0.05) is 19.6 Å². The molecule has 0 aliphatic rings. The number of likely N-dealkylation sites (N-methyl/N-ethyl adjacent to an activating group) is 2. The lowest BCUT2D eigenvalue weighted by Gasteiger charge is -2.17. The van der Waals surface area contributed by atoms with Crippen molar-refractivity contribution >= 4 is 24.8 Å². The van der Waals surface area contributed by atoms with Gasteiger partial charge in [-0.3, -0.25) is 0 Å². The van der Waals surface area contributed by atoms with E-state index in [1.54, 1.807) is 0 Å². The minimum atomic E-state index is 0. The molecule has 0 fully saturated rings. The normalized spacial score (nSPS) is 9.50. The van der Waals surface area contributed by atoms with Crippen LogP contribution in [0.4, 0.5) is 0 Å². The van der Waals surface area contributed by atoms with Gasteiger partial charge in [-0.05, 0) is 21.1 Å². The molecule has 3 nitrogen and oxygen atoms in total. The van der Waals surface area contributed by atoms with E-state index in [1.807, 2.05) is 21.1 Å². The lowest BCUT2D eigenvalue weighted by molar-refractivity contribution is 0.209. The smallest absolute Gasteiger partial charge is 0.0558 e. The molecule has 0 atom stereocenters.